The van der Waals surface area contributed by atoms with Gasteiger partial charge in [-0.15, -0.1) is 11.3 Å². The first kappa shape index (κ1) is 11.3. The van der Waals surface area contributed by atoms with Gasteiger partial charge in [-0.3, -0.25) is 0 Å². The minimum absolute atomic E-state index is 0.533. The second-order valence-corrected chi connectivity index (χ2v) is 5.42. The van der Waals surface area contributed by atoms with Crippen molar-refractivity contribution < 1.29 is 0 Å². The van der Waals surface area contributed by atoms with Crippen LogP contribution >= 0.6 is 11.3 Å². The van der Waals surface area contributed by atoms with Crippen molar-refractivity contribution in [3.05, 3.63) is 17.6 Å². The van der Waals surface area contributed by atoms with E-state index in [9.17, 15) is 0 Å². The Morgan fingerprint density at radius 2 is 2.33 bits per heavy atom. The number of rotatable bonds is 4. The second-order valence-electron chi connectivity index (χ2n) is 4.53. The van der Waals surface area contributed by atoms with Crippen LogP contribution in [0.4, 0.5) is 11.4 Å². The molecule has 3 rings (SSSR count). The first-order valence-electron chi connectivity index (χ1n) is 6.06. The Hall–Kier alpha value is -1.80. The minimum Gasteiger partial charge on any atom is -0.395 e. The Morgan fingerprint density at radius 1 is 1.50 bits per heavy atom. The van der Waals surface area contributed by atoms with Gasteiger partial charge in [0, 0.05) is 12.6 Å². The molecule has 1 aliphatic carbocycles. The number of benzene rings is 1. The van der Waals surface area contributed by atoms with Gasteiger partial charge in [0.15, 0.2) is 0 Å². The number of fused-ring (bicyclic) bond motifs is 1. The van der Waals surface area contributed by atoms with Gasteiger partial charge in [0.2, 0.25) is 0 Å². The summed E-state index contributed by atoms with van der Waals surface area (Å²) in [6.45, 7) is 0.751. The summed E-state index contributed by atoms with van der Waals surface area (Å²) in [5.41, 5.74) is 10.7. The molecule has 1 fully saturated rings. The summed E-state index contributed by atoms with van der Waals surface area (Å²) in [5, 5.41) is 8.75. The molecule has 18 heavy (non-hydrogen) atoms. The third-order valence-electron chi connectivity index (χ3n) is 3.28. The van der Waals surface area contributed by atoms with Gasteiger partial charge in [-0.25, -0.2) is 4.98 Å². The number of anilines is 2. The molecule has 4 nitrogen and oxygen atoms in total. The van der Waals surface area contributed by atoms with E-state index in [1.807, 2.05) is 5.51 Å². The number of hydrogen-bond acceptors (Lipinski definition) is 5. The molecule has 1 saturated carbocycles. The van der Waals surface area contributed by atoms with Crippen molar-refractivity contribution in [3.8, 4) is 6.07 Å². The van der Waals surface area contributed by atoms with Gasteiger partial charge in [0.05, 0.1) is 34.1 Å². The molecule has 1 aromatic heterocycles. The summed E-state index contributed by atoms with van der Waals surface area (Å²) in [5.74, 6) is 0. The Kier molecular flexibility index (Phi) is 2.80. The van der Waals surface area contributed by atoms with Crippen molar-refractivity contribution >= 4 is 32.9 Å². The number of nitrogen functional groups attached to an aromatic ring is 1. The van der Waals surface area contributed by atoms with Crippen molar-refractivity contribution in [2.75, 3.05) is 17.2 Å². The summed E-state index contributed by atoms with van der Waals surface area (Å²) in [6, 6.07) is 6.89. The van der Waals surface area contributed by atoms with E-state index in [2.05, 4.69) is 28.1 Å². The molecule has 0 amide bonds. The Bertz CT molecular complexity index is 609. The zero-order chi connectivity index (χ0) is 12.5. The van der Waals surface area contributed by atoms with Gasteiger partial charge in [-0.1, -0.05) is 0 Å². The van der Waals surface area contributed by atoms with Crippen LogP contribution in [-0.2, 0) is 0 Å². The van der Waals surface area contributed by atoms with Crippen molar-refractivity contribution in [1.82, 2.24) is 4.98 Å². The first-order chi connectivity index (χ1) is 8.81. The van der Waals surface area contributed by atoms with Crippen LogP contribution in [0.2, 0.25) is 0 Å². The number of nitrogens with zero attached hydrogens (tertiary/aromatic N) is 3. The van der Waals surface area contributed by atoms with E-state index >= 15 is 0 Å². The standard InChI is InChI=1S/C13H14N4S/c14-6-1-7-17(9-2-3-9)10-4-5-11-13(12(10)15)16-8-18-11/h4-5,8-9H,1-3,7,15H2. The molecule has 0 atom stereocenters. The van der Waals surface area contributed by atoms with Crippen LogP contribution in [0.1, 0.15) is 19.3 Å². The maximum absolute atomic E-state index is 8.75. The molecule has 1 aromatic carbocycles. The lowest BCUT2D eigenvalue weighted by atomic mass is 10.2. The third kappa shape index (κ3) is 1.89. The fraction of sp³-hybridized carbons (Fsp3) is 0.385. The lowest BCUT2D eigenvalue weighted by Gasteiger charge is -2.25. The van der Waals surface area contributed by atoms with E-state index in [0.717, 1.165) is 28.1 Å². The predicted octanol–water partition coefficient (Wildman–Crippen LogP) is 2.76. The van der Waals surface area contributed by atoms with Gasteiger partial charge in [-0.2, -0.15) is 5.26 Å². The highest BCUT2D eigenvalue weighted by Crippen LogP contribution is 2.38. The minimum atomic E-state index is 0.533. The smallest absolute Gasteiger partial charge is 0.106 e. The highest BCUT2D eigenvalue weighted by Gasteiger charge is 2.30. The summed E-state index contributed by atoms with van der Waals surface area (Å²) in [6.07, 6.45) is 2.92. The molecule has 0 saturated heterocycles. The Morgan fingerprint density at radius 3 is 3.06 bits per heavy atom. The van der Waals surface area contributed by atoms with E-state index < -0.39 is 0 Å². The Labute approximate surface area is 110 Å². The third-order valence-corrected chi connectivity index (χ3v) is 4.07. The summed E-state index contributed by atoms with van der Waals surface area (Å²) in [7, 11) is 0. The number of aromatic nitrogens is 1. The molecule has 0 bridgehead atoms. The number of hydrogen-bond donors (Lipinski definition) is 1. The van der Waals surface area contributed by atoms with E-state index in [0.29, 0.717) is 12.5 Å². The second kappa shape index (κ2) is 4.46. The molecule has 0 aliphatic heterocycles. The average molecular weight is 258 g/mol. The van der Waals surface area contributed by atoms with Crippen molar-refractivity contribution in [1.29, 1.82) is 5.26 Å². The summed E-state index contributed by atoms with van der Waals surface area (Å²) < 4.78 is 1.12. The summed E-state index contributed by atoms with van der Waals surface area (Å²) >= 11 is 1.60. The van der Waals surface area contributed by atoms with Gasteiger partial charge in [0.25, 0.3) is 0 Å². The summed E-state index contributed by atoms with van der Waals surface area (Å²) in [4.78, 5) is 6.58. The molecule has 5 heteroatoms. The van der Waals surface area contributed by atoms with Gasteiger partial charge in [-0.05, 0) is 25.0 Å². The van der Waals surface area contributed by atoms with Crippen LogP contribution in [0.5, 0.6) is 0 Å². The SMILES string of the molecule is N#CCCN(c1ccc2scnc2c1N)C1CC1. The largest absolute Gasteiger partial charge is 0.395 e. The normalized spacial score (nSPS) is 14.6. The van der Waals surface area contributed by atoms with Crippen LogP contribution in [-0.4, -0.2) is 17.6 Å². The molecule has 2 aromatic rings. The van der Waals surface area contributed by atoms with E-state index in [-0.39, 0.29) is 0 Å². The zero-order valence-electron chi connectivity index (χ0n) is 9.97. The molecule has 1 aliphatic rings. The molecule has 0 unspecified atom stereocenters. The van der Waals surface area contributed by atoms with E-state index in [1.165, 1.54) is 12.8 Å². The lowest BCUT2D eigenvalue weighted by molar-refractivity contribution is 0.795. The highest BCUT2D eigenvalue weighted by atomic mass is 32.1. The molecule has 0 radical (unpaired) electrons. The van der Waals surface area contributed by atoms with E-state index in [4.69, 9.17) is 11.0 Å². The van der Waals surface area contributed by atoms with E-state index in [1.54, 1.807) is 11.3 Å². The maximum atomic E-state index is 8.75. The fourth-order valence-electron chi connectivity index (χ4n) is 2.25. The molecular weight excluding hydrogens is 244 g/mol. The van der Waals surface area contributed by atoms with Gasteiger partial charge in [0.1, 0.15) is 5.52 Å². The molecular formula is C13H14N4S. The molecule has 2 N–H and O–H groups in total. The maximum Gasteiger partial charge on any atom is 0.106 e. The topological polar surface area (TPSA) is 65.9 Å². The van der Waals surface area contributed by atoms with Crippen molar-refractivity contribution in [2.24, 2.45) is 0 Å². The van der Waals surface area contributed by atoms with Crippen molar-refractivity contribution in [3.63, 3.8) is 0 Å². The van der Waals surface area contributed by atoms with Crippen LogP contribution in [0.15, 0.2) is 17.6 Å². The molecule has 92 valence electrons. The molecule has 0 spiro atoms. The zero-order valence-corrected chi connectivity index (χ0v) is 10.8. The van der Waals surface area contributed by atoms with Crippen molar-refractivity contribution in [2.45, 2.75) is 25.3 Å². The van der Waals surface area contributed by atoms with Gasteiger partial charge < -0.3 is 10.6 Å². The average Bonchev–Trinajstić information content (AvgIpc) is 3.09. The Balaban J connectivity index is 2.00. The first-order valence-corrected chi connectivity index (χ1v) is 6.94. The number of nitriles is 1. The quantitative estimate of drug-likeness (QED) is 0.856. The molecule has 1 heterocycles. The highest BCUT2D eigenvalue weighted by molar-refractivity contribution is 7.16. The number of thiazole rings is 1. The predicted molar refractivity (Wildman–Crippen MR) is 74.6 cm³/mol. The fourth-order valence-corrected chi connectivity index (χ4v) is 2.94. The lowest BCUT2D eigenvalue weighted by Crippen LogP contribution is -2.27. The van der Waals surface area contributed by atoms with Crippen LogP contribution in [0, 0.1) is 11.3 Å². The monoisotopic (exact) mass is 258 g/mol. The van der Waals surface area contributed by atoms with Crippen LogP contribution < -0.4 is 10.6 Å². The van der Waals surface area contributed by atoms with Crippen LogP contribution in [0.25, 0.3) is 10.2 Å². The number of nitrogens with two attached hydrogens (primary N) is 1. The van der Waals surface area contributed by atoms with Crippen LogP contribution in [0.3, 0.4) is 0 Å². The van der Waals surface area contributed by atoms with Gasteiger partial charge >= 0.3 is 0 Å².